The van der Waals surface area contributed by atoms with Crippen molar-refractivity contribution in [2.75, 3.05) is 5.32 Å². The van der Waals surface area contributed by atoms with E-state index >= 15 is 0 Å². The van der Waals surface area contributed by atoms with Crippen LogP contribution >= 0.6 is 31.9 Å². The number of benzene rings is 1. The van der Waals surface area contributed by atoms with E-state index in [0.717, 1.165) is 20.2 Å². The highest BCUT2D eigenvalue weighted by atomic mass is 79.9. The maximum atomic E-state index is 11.7. The number of carbonyl (C=O) groups is 1. The highest BCUT2D eigenvalue weighted by Gasteiger charge is 2.40. The number of nitrogens with one attached hydrogen (secondary N) is 1. The van der Waals surface area contributed by atoms with Gasteiger partial charge in [0.2, 0.25) is 5.91 Å². The van der Waals surface area contributed by atoms with E-state index in [2.05, 4.69) is 37.2 Å². The second-order valence-electron chi connectivity index (χ2n) is 3.86. The van der Waals surface area contributed by atoms with Crippen LogP contribution in [0.15, 0.2) is 21.1 Å². The topological polar surface area (TPSA) is 29.1 Å². The summed E-state index contributed by atoms with van der Waals surface area (Å²) >= 11 is 6.90. The van der Waals surface area contributed by atoms with Crippen molar-refractivity contribution in [2.45, 2.75) is 19.3 Å². The SMILES string of the molecule is CC1(C)C(=O)Nc2c(Br)ccc(Br)c21. The fraction of sp³-hybridized carbons (Fsp3) is 0.300. The van der Waals surface area contributed by atoms with Gasteiger partial charge in [-0.1, -0.05) is 15.9 Å². The molecule has 1 N–H and O–H groups in total. The van der Waals surface area contributed by atoms with E-state index in [4.69, 9.17) is 0 Å². The summed E-state index contributed by atoms with van der Waals surface area (Å²) in [6.07, 6.45) is 0. The molecule has 0 unspecified atom stereocenters. The van der Waals surface area contributed by atoms with E-state index in [-0.39, 0.29) is 5.91 Å². The van der Waals surface area contributed by atoms with Crippen LogP contribution in [0.5, 0.6) is 0 Å². The van der Waals surface area contributed by atoms with Gasteiger partial charge in [-0.25, -0.2) is 0 Å². The number of hydrogen-bond acceptors (Lipinski definition) is 1. The van der Waals surface area contributed by atoms with Crippen molar-refractivity contribution in [3.63, 3.8) is 0 Å². The Morgan fingerprint density at radius 1 is 1.21 bits per heavy atom. The maximum absolute atomic E-state index is 11.7. The Hall–Kier alpha value is -0.350. The summed E-state index contributed by atoms with van der Waals surface area (Å²) in [5, 5.41) is 2.88. The molecule has 0 saturated carbocycles. The van der Waals surface area contributed by atoms with Gasteiger partial charge in [0.15, 0.2) is 0 Å². The number of carbonyl (C=O) groups excluding carboxylic acids is 1. The molecule has 0 aromatic heterocycles. The molecule has 1 aliphatic rings. The number of amides is 1. The molecule has 4 heteroatoms. The van der Waals surface area contributed by atoms with E-state index in [1.807, 2.05) is 26.0 Å². The maximum Gasteiger partial charge on any atom is 0.234 e. The molecule has 0 spiro atoms. The first-order valence-corrected chi connectivity index (χ1v) is 5.83. The molecule has 1 aliphatic heterocycles. The first-order valence-electron chi connectivity index (χ1n) is 4.24. The summed E-state index contributed by atoms with van der Waals surface area (Å²) in [6.45, 7) is 3.84. The van der Waals surface area contributed by atoms with Crippen LogP contribution < -0.4 is 5.32 Å². The lowest BCUT2D eigenvalue weighted by atomic mass is 9.86. The molecule has 2 nitrogen and oxygen atoms in total. The Morgan fingerprint density at radius 3 is 2.36 bits per heavy atom. The molecule has 1 heterocycles. The van der Waals surface area contributed by atoms with Gasteiger partial charge in [-0.2, -0.15) is 0 Å². The molecule has 0 fully saturated rings. The average Bonchev–Trinajstić information content (AvgIpc) is 2.33. The third-order valence-electron chi connectivity index (χ3n) is 2.53. The minimum absolute atomic E-state index is 0.0418. The molecule has 0 bridgehead atoms. The largest absolute Gasteiger partial charge is 0.324 e. The Balaban J connectivity index is 2.76. The highest BCUT2D eigenvalue weighted by molar-refractivity contribution is 9.11. The number of fused-ring (bicyclic) bond motifs is 1. The number of anilines is 1. The zero-order chi connectivity index (χ0) is 10.5. The van der Waals surface area contributed by atoms with Crippen molar-refractivity contribution < 1.29 is 4.79 Å². The molecular formula is C10H9Br2NO. The summed E-state index contributed by atoms with van der Waals surface area (Å²) in [6, 6.07) is 3.87. The minimum Gasteiger partial charge on any atom is -0.324 e. The number of rotatable bonds is 0. The lowest BCUT2D eigenvalue weighted by Crippen LogP contribution is -2.27. The van der Waals surface area contributed by atoms with Crippen LogP contribution in [0.4, 0.5) is 5.69 Å². The van der Waals surface area contributed by atoms with Gasteiger partial charge in [-0.05, 0) is 41.9 Å². The van der Waals surface area contributed by atoms with Crippen LogP contribution in [0.1, 0.15) is 19.4 Å². The lowest BCUT2D eigenvalue weighted by molar-refractivity contribution is -0.119. The van der Waals surface area contributed by atoms with Crippen molar-refractivity contribution in [3.8, 4) is 0 Å². The van der Waals surface area contributed by atoms with Gasteiger partial charge < -0.3 is 5.32 Å². The third-order valence-corrected chi connectivity index (χ3v) is 3.86. The fourth-order valence-corrected chi connectivity index (χ4v) is 2.92. The van der Waals surface area contributed by atoms with E-state index < -0.39 is 5.41 Å². The van der Waals surface area contributed by atoms with Gasteiger partial charge >= 0.3 is 0 Å². The summed E-state index contributed by atoms with van der Waals surface area (Å²) in [5.41, 5.74) is 1.45. The number of hydrogen-bond donors (Lipinski definition) is 1. The van der Waals surface area contributed by atoms with Crippen molar-refractivity contribution >= 4 is 43.5 Å². The Kier molecular flexibility index (Phi) is 2.23. The smallest absolute Gasteiger partial charge is 0.234 e. The summed E-state index contributed by atoms with van der Waals surface area (Å²) in [5.74, 6) is 0.0418. The summed E-state index contributed by atoms with van der Waals surface area (Å²) < 4.78 is 1.90. The lowest BCUT2D eigenvalue weighted by Gasteiger charge is -2.16. The van der Waals surface area contributed by atoms with Crippen LogP contribution in [0.25, 0.3) is 0 Å². The monoisotopic (exact) mass is 317 g/mol. The van der Waals surface area contributed by atoms with Crippen LogP contribution in [-0.4, -0.2) is 5.91 Å². The molecule has 1 aromatic rings. The van der Waals surface area contributed by atoms with Gasteiger partial charge in [0.05, 0.1) is 11.1 Å². The van der Waals surface area contributed by atoms with Crippen molar-refractivity contribution in [1.82, 2.24) is 0 Å². The molecule has 74 valence electrons. The molecule has 0 atom stereocenters. The molecule has 0 aliphatic carbocycles. The predicted octanol–water partition coefficient (Wildman–Crippen LogP) is 3.44. The zero-order valence-electron chi connectivity index (χ0n) is 7.82. The average molecular weight is 319 g/mol. The second kappa shape index (κ2) is 3.07. The third kappa shape index (κ3) is 1.24. The molecule has 1 aromatic carbocycles. The van der Waals surface area contributed by atoms with Crippen molar-refractivity contribution in [2.24, 2.45) is 0 Å². The predicted molar refractivity (Wildman–Crippen MR) is 63.5 cm³/mol. The van der Waals surface area contributed by atoms with E-state index in [1.165, 1.54) is 0 Å². The van der Waals surface area contributed by atoms with Crippen molar-refractivity contribution in [3.05, 3.63) is 26.6 Å². The summed E-state index contributed by atoms with van der Waals surface area (Å²) in [7, 11) is 0. The van der Waals surface area contributed by atoms with Crippen molar-refractivity contribution in [1.29, 1.82) is 0 Å². The first kappa shape index (κ1) is 10.2. The van der Waals surface area contributed by atoms with E-state index in [0.29, 0.717) is 0 Å². The Labute approximate surface area is 99.3 Å². The van der Waals surface area contributed by atoms with E-state index in [9.17, 15) is 4.79 Å². The highest BCUT2D eigenvalue weighted by Crippen LogP contribution is 2.45. The molecule has 0 saturated heterocycles. The first-order chi connectivity index (χ1) is 6.44. The second-order valence-corrected chi connectivity index (χ2v) is 5.57. The Morgan fingerprint density at radius 2 is 1.79 bits per heavy atom. The quantitative estimate of drug-likeness (QED) is 0.780. The van der Waals surface area contributed by atoms with Gasteiger partial charge in [0.1, 0.15) is 0 Å². The van der Waals surface area contributed by atoms with Gasteiger partial charge in [0.25, 0.3) is 0 Å². The van der Waals surface area contributed by atoms with E-state index in [1.54, 1.807) is 0 Å². The summed E-state index contributed by atoms with van der Waals surface area (Å²) in [4.78, 5) is 11.7. The van der Waals surface area contributed by atoms with Gasteiger partial charge in [0, 0.05) is 14.5 Å². The van der Waals surface area contributed by atoms with Crippen LogP contribution in [-0.2, 0) is 10.2 Å². The van der Waals surface area contributed by atoms with Crippen LogP contribution in [0.2, 0.25) is 0 Å². The van der Waals surface area contributed by atoms with Crippen LogP contribution in [0, 0.1) is 0 Å². The fourth-order valence-electron chi connectivity index (χ4n) is 1.67. The Bertz CT molecular complexity index is 426. The minimum atomic E-state index is -0.460. The van der Waals surface area contributed by atoms with Gasteiger partial charge in [-0.3, -0.25) is 4.79 Å². The van der Waals surface area contributed by atoms with Gasteiger partial charge in [-0.15, -0.1) is 0 Å². The zero-order valence-corrected chi connectivity index (χ0v) is 11.0. The molecular weight excluding hydrogens is 310 g/mol. The molecule has 14 heavy (non-hydrogen) atoms. The molecule has 2 rings (SSSR count). The molecule has 1 amide bonds. The number of halogens is 2. The van der Waals surface area contributed by atoms with Crippen LogP contribution in [0.3, 0.4) is 0 Å². The molecule has 0 radical (unpaired) electrons. The normalized spacial score (nSPS) is 17.9. The standard InChI is InChI=1S/C10H9Br2NO/c1-10(2)7-5(11)3-4-6(12)8(7)13-9(10)14/h3-4H,1-2H3,(H,13,14).